The van der Waals surface area contributed by atoms with Crippen molar-refractivity contribution in [1.82, 2.24) is 0 Å². The van der Waals surface area contributed by atoms with E-state index >= 15 is 0 Å². The molecular formula is C15H13NO3S. The van der Waals surface area contributed by atoms with E-state index < -0.39 is 4.92 Å². The number of rotatable bonds is 4. The molecule has 0 unspecified atom stereocenters. The number of carbonyl (C=O) groups is 1. The average Bonchev–Trinajstić information content (AvgIpc) is 2.41. The van der Waals surface area contributed by atoms with Gasteiger partial charge in [0.05, 0.1) is 4.92 Å². The quantitative estimate of drug-likeness (QED) is 0.479. The molecule has 0 aromatic heterocycles. The lowest BCUT2D eigenvalue weighted by Crippen LogP contribution is -1.95. The van der Waals surface area contributed by atoms with Gasteiger partial charge in [-0.1, -0.05) is 36.0 Å². The molecule has 0 saturated heterocycles. The van der Waals surface area contributed by atoms with Crippen molar-refractivity contribution in [3.8, 4) is 0 Å². The Bertz CT molecular complexity index is 683. The Morgan fingerprint density at radius 3 is 2.50 bits per heavy atom. The molecule has 0 radical (unpaired) electrons. The largest absolute Gasteiger partial charge is 0.294 e. The second-order valence-corrected chi connectivity index (χ2v) is 5.45. The molecule has 0 aliphatic heterocycles. The molecular weight excluding hydrogens is 274 g/mol. The zero-order chi connectivity index (χ0) is 14.7. The van der Waals surface area contributed by atoms with Gasteiger partial charge in [-0.15, -0.1) is 0 Å². The number of nitrogens with zero attached hydrogens (tertiary/aromatic N) is 1. The van der Waals surface area contributed by atoms with Crippen LogP contribution in [0, 0.1) is 17.0 Å². The van der Waals surface area contributed by atoms with Gasteiger partial charge in [-0.2, -0.15) is 0 Å². The van der Waals surface area contributed by atoms with Crippen molar-refractivity contribution in [2.24, 2.45) is 0 Å². The predicted octanol–water partition coefficient (Wildman–Crippen LogP) is 4.26. The SMILES string of the molecule is CC(=O)c1ccccc1Sc1cc([N+](=O)[O-])ccc1C. The van der Waals surface area contributed by atoms with Gasteiger partial charge in [-0.25, -0.2) is 0 Å². The van der Waals surface area contributed by atoms with Crippen LogP contribution >= 0.6 is 11.8 Å². The molecule has 20 heavy (non-hydrogen) atoms. The van der Waals surface area contributed by atoms with Gasteiger partial charge in [0.25, 0.3) is 5.69 Å². The Morgan fingerprint density at radius 2 is 1.85 bits per heavy atom. The van der Waals surface area contributed by atoms with Gasteiger partial charge in [0.15, 0.2) is 5.78 Å². The van der Waals surface area contributed by atoms with Gasteiger partial charge >= 0.3 is 0 Å². The van der Waals surface area contributed by atoms with Crippen molar-refractivity contribution in [2.75, 3.05) is 0 Å². The number of Topliss-reactive ketones (excluding diaryl/α,β-unsaturated/α-hetero) is 1. The predicted molar refractivity (Wildman–Crippen MR) is 78.4 cm³/mol. The molecule has 2 aromatic carbocycles. The maximum absolute atomic E-state index is 11.6. The number of nitro benzene ring substituents is 1. The third kappa shape index (κ3) is 3.05. The Hall–Kier alpha value is -2.14. The Balaban J connectivity index is 2.42. The van der Waals surface area contributed by atoms with Crippen LogP contribution in [0.5, 0.6) is 0 Å². The average molecular weight is 287 g/mol. The van der Waals surface area contributed by atoms with Crippen LogP contribution in [0.15, 0.2) is 52.3 Å². The van der Waals surface area contributed by atoms with E-state index in [0.29, 0.717) is 5.56 Å². The van der Waals surface area contributed by atoms with E-state index in [1.54, 1.807) is 18.2 Å². The summed E-state index contributed by atoms with van der Waals surface area (Å²) in [6.45, 7) is 3.40. The highest BCUT2D eigenvalue weighted by Gasteiger charge is 2.12. The van der Waals surface area contributed by atoms with E-state index in [1.807, 2.05) is 19.1 Å². The number of benzene rings is 2. The van der Waals surface area contributed by atoms with Gasteiger partial charge in [-0.05, 0) is 25.5 Å². The Morgan fingerprint density at radius 1 is 1.15 bits per heavy atom. The van der Waals surface area contributed by atoms with E-state index in [0.717, 1.165) is 15.4 Å². The fourth-order valence-corrected chi connectivity index (χ4v) is 2.89. The van der Waals surface area contributed by atoms with E-state index in [-0.39, 0.29) is 11.5 Å². The van der Waals surface area contributed by atoms with Gasteiger partial charge in [0, 0.05) is 27.5 Å². The lowest BCUT2D eigenvalue weighted by Gasteiger charge is -2.08. The number of nitro groups is 1. The van der Waals surface area contributed by atoms with Crippen LogP contribution < -0.4 is 0 Å². The summed E-state index contributed by atoms with van der Waals surface area (Å²) in [7, 11) is 0. The molecule has 102 valence electrons. The van der Waals surface area contributed by atoms with Gasteiger partial charge in [-0.3, -0.25) is 14.9 Å². The molecule has 0 atom stereocenters. The lowest BCUT2D eigenvalue weighted by molar-refractivity contribution is -0.385. The molecule has 0 fully saturated rings. The number of ketones is 1. The lowest BCUT2D eigenvalue weighted by atomic mass is 10.1. The summed E-state index contributed by atoms with van der Waals surface area (Å²) >= 11 is 1.38. The molecule has 2 rings (SSSR count). The van der Waals surface area contributed by atoms with Crippen LogP contribution in [-0.4, -0.2) is 10.7 Å². The minimum atomic E-state index is -0.416. The summed E-state index contributed by atoms with van der Waals surface area (Å²) in [4.78, 5) is 23.6. The van der Waals surface area contributed by atoms with Crippen LogP contribution in [0.2, 0.25) is 0 Å². The number of non-ortho nitro benzene ring substituents is 1. The minimum absolute atomic E-state index is 0.0174. The molecule has 0 spiro atoms. The molecule has 0 aliphatic carbocycles. The summed E-state index contributed by atoms with van der Waals surface area (Å²) in [5.41, 5.74) is 1.63. The standard InChI is InChI=1S/C15H13NO3S/c1-10-7-8-12(16(18)19)9-15(10)20-14-6-4-3-5-13(14)11(2)17/h3-9H,1-2H3. The van der Waals surface area contributed by atoms with Crippen LogP contribution in [-0.2, 0) is 0 Å². The highest BCUT2D eigenvalue weighted by molar-refractivity contribution is 7.99. The summed E-state index contributed by atoms with van der Waals surface area (Å²) in [6, 6.07) is 12.0. The normalized spacial score (nSPS) is 10.3. The van der Waals surface area contributed by atoms with Crippen LogP contribution in [0.3, 0.4) is 0 Å². The summed E-state index contributed by atoms with van der Waals surface area (Å²) in [5.74, 6) is -0.0174. The van der Waals surface area contributed by atoms with Crippen molar-refractivity contribution < 1.29 is 9.72 Å². The van der Waals surface area contributed by atoms with E-state index in [2.05, 4.69) is 0 Å². The molecule has 0 aliphatic rings. The van der Waals surface area contributed by atoms with Crippen molar-refractivity contribution in [2.45, 2.75) is 23.6 Å². The zero-order valence-corrected chi connectivity index (χ0v) is 11.9. The Labute approximate surface area is 121 Å². The van der Waals surface area contributed by atoms with Gasteiger partial charge < -0.3 is 0 Å². The molecule has 0 bridgehead atoms. The number of aryl methyl sites for hydroxylation is 1. The zero-order valence-electron chi connectivity index (χ0n) is 11.1. The number of hydrogen-bond acceptors (Lipinski definition) is 4. The van der Waals surface area contributed by atoms with Crippen LogP contribution in [0.25, 0.3) is 0 Å². The van der Waals surface area contributed by atoms with Gasteiger partial charge in [0.1, 0.15) is 0 Å². The molecule has 0 heterocycles. The molecule has 4 nitrogen and oxygen atoms in total. The molecule has 0 N–H and O–H groups in total. The maximum atomic E-state index is 11.6. The fraction of sp³-hybridized carbons (Fsp3) is 0.133. The summed E-state index contributed by atoms with van der Waals surface area (Å²) < 4.78 is 0. The topological polar surface area (TPSA) is 60.2 Å². The third-order valence-electron chi connectivity index (χ3n) is 2.87. The van der Waals surface area contributed by atoms with Crippen molar-refractivity contribution in [3.05, 3.63) is 63.7 Å². The number of carbonyl (C=O) groups excluding carboxylic acids is 1. The monoisotopic (exact) mass is 287 g/mol. The fourth-order valence-electron chi connectivity index (χ4n) is 1.78. The first-order valence-electron chi connectivity index (χ1n) is 6.02. The summed E-state index contributed by atoms with van der Waals surface area (Å²) in [6.07, 6.45) is 0. The highest BCUT2D eigenvalue weighted by atomic mass is 32.2. The maximum Gasteiger partial charge on any atom is 0.270 e. The van der Waals surface area contributed by atoms with Crippen LogP contribution in [0.1, 0.15) is 22.8 Å². The Kier molecular flexibility index (Phi) is 4.20. The molecule has 0 amide bonds. The van der Waals surface area contributed by atoms with Crippen molar-refractivity contribution in [1.29, 1.82) is 0 Å². The second kappa shape index (κ2) is 5.88. The van der Waals surface area contributed by atoms with E-state index in [1.165, 1.54) is 30.8 Å². The molecule has 5 heteroatoms. The van der Waals surface area contributed by atoms with E-state index in [4.69, 9.17) is 0 Å². The van der Waals surface area contributed by atoms with Gasteiger partial charge in [0.2, 0.25) is 0 Å². The first-order chi connectivity index (χ1) is 9.49. The van der Waals surface area contributed by atoms with Crippen molar-refractivity contribution in [3.63, 3.8) is 0 Å². The third-order valence-corrected chi connectivity index (χ3v) is 4.10. The number of hydrogen-bond donors (Lipinski definition) is 0. The first kappa shape index (κ1) is 14.3. The summed E-state index contributed by atoms with van der Waals surface area (Å²) in [5, 5.41) is 10.8. The minimum Gasteiger partial charge on any atom is -0.294 e. The molecule has 0 saturated carbocycles. The second-order valence-electron chi connectivity index (χ2n) is 4.36. The highest BCUT2D eigenvalue weighted by Crippen LogP contribution is 2.34. The van der Waals surface area contributed by atoms with Crippen LogP contribution in [0.4, 0.5) is 5.69 Å². The van der Waals surface area contributed by atoms with Crippen molar-refractivity contribution >= 4 is 23.2 Å². The smallest absolute Gasteiger partial charge is 0.270 e. The van der Waals surface area contributed by atoms with E-state index in [9.17, 15) is 14.9 Å². The molecule has 2 aromatic rings. The first-order valence-corrected chi connectivity index (χ1v) is 6.83.